The van der Waals surface area contributed by atoms with Crippen LogP contribution in [-0.2, 0) is 16.9 Å². The quantitative estimate of drug-likeness (QED) is 0.626. The second kappa shape index (κ2) is 8.41. The first-order valence-electron chi connectivity index (χ1n) is 9.87. The lowest BCUT2D eigenvalue weighted by molar-refractivity contribution is 0.312. The SMILES string of the molecule is COc1c(C)cnc(C[S+]([O-])c2nc3cc(N4CCN(C)CC4)c(F)cc3[nH]2)c1C. The number of ether oxygens (including phenoxy) is 1. The summed E-state index contributed by atoms with van der Waals surface area (Å²) in [5.41, 5.74) is 4.19. The first-order chi connectivity index (χ1) is 14.4. The van der Waals surface area contributed by atoms with Gasteiger partial charge in [-0.1, -0.05) is 0 Å². The fraction of sp³-hybridized carbons (Fsp3) is 0.429. The van der Waals surface area contributed by atoms with E-state index in [1.54, 1.807) is 19.4 Å². The minimum absolute atomic E-state index is 0.204. The van der Waals surface area contributed by atoms with E-state index < -0.39 is 11.2 Å². The third-order valence-corrected chi connectivity index (χ3v) is 6.77. The number of piperazine rings is 1. The zero-order valence-electron chi connectivity index (χ0n) is 17.7. The minimum Gasteiger partial charge on any atom is -0.609 e. The van der Waals surface area contributed by atoms with E-state index in [0.717, 1.165) is 43.1 Å². The normalized spacial score (nSPS) is 16.3. The van der Waals surface area contributed by atoms with Gasteiger partial charge in [-0.2, -0.15) is 4.98 Å². The van der Waals surface area contributed by atoms with Gasteiger partial charge in [0.15, 0.2) is 5.75 Å². The van der Waals surface area contributed by atoms with Crippen molar-refractivity contribution in [3.05, 3.63) is 41.0 Å². The lowest BCUT2D eigenvalue weighted by atomic mass is 10.1. The number of halogens is 1. The molecule has 1 saturated heterocycles. The van der Waals surface area contributed by atoms with Crippen molar-refractivity contribution < 1.29 is 13.7 Å². The number of likely N-dealkylation sites (N-methyl/N-ethyl adjacent to an activating group) is 1. The van der Waals surface area contributed by atoms with E-state index in [1.165, 1.54) is 6.07 Å². The number of pyridine rings is 1. The number of aromatic nitrogens is 3. The average Bonchev–Trinajstić information content (AvgIpc) is 3.13. The van der Waals surface area contributed by atoms with Crippen molar-refractivity contribution in [2.24, 2.45) is 0 Å². The molecule has 1 aliphatic heterocycles. The molecule has 1 aliphatic rings. The molecule has 2 aromatic heterocycles. The topological polar surface area (TPSA) is 80.3 Å². The summed E-state index contributed by atoms with van der Waals surface area (Å²) < 4.78 is 33.1. The Kier molecular flexibility index (Phi) is 5.86. The number of rotatable bonds is 5. The first-order valence-corrected chi connectivity index (χ1v) is 11.2. The molecule has 7 nitrogen and oxygen atoms in total. The van der Waals surface area contributed by atoms with Gasteiger partial charge in [-0.15, -0.1) is 0 Å². The smallest absolute Gasteiger partial charge is 0.322 e. The van der Waals surface area contributed by atoms with E-state index in [0.29, 0.717) is 27.6 Å². The van der Waals surface area contributed by atoms with Gasteiger partial charge in [-0.25, -0.2) is 4.39 Å². The number of nitrogens with zero attached hydrogens (tertiary/aromatic N) is 4. The number of aromatic amines is 1. The van der Waals surface area contributed by atoms with Gasteiger partial charge >= 0.3 is 5.16 Å². The summed E-state index contributed by atoms with van der Waals surface area (Å²) in [7, 11) is 3.67. The molecule has 30 heavy (non-hydrogen) atoms. The molecular formula is C21H26FN5O2S. The van der Waals surface area contributed by atoms with Crippen molar-refractivity contribution in [1.82, 2.24) is 19.9 Å². The molecule has 1 N–H and O–H groups in total. The van der Waals surface area contributed by atoms with Crippen LogP contribution in [0.3, 0.4) is 0 Å². The van der Waals surface area contributed by atoms with Crippen LogP contribution < -0.4 is 9.64 Å². The van der Waals surface area contributed by atoms with Crippen molar-refractivity contribution in [3.8, 4) is 5.75 Å². The Morgan fingerprint density at radius 3 is 2.67 bits per heavy atom. The van der Waals surface area contributed by atoms with Crippen LogP contribution in [0.1, 0.15) is 16.8 Å². The Labute approximate surface area is 178 Å². The highest BCUT2D eigenvalue weighted by molar-refractivity contribution is 7.90. The van der Waals surface area contributed by atoms with E-state index in [2.05, 4.69) is 26.9 Å². The third-order valence-electron chi connectivity index (χ3n) is 5.61. The molecular weight excluding hydrogens is 405 g/mol. The number of benzene rings is 1. The molecule has 1 atom stereocenters. The molecule has 0 saturated carbocycles. The minimum atomic E-state index is -1.44. The van der Waals surface area contributed by atoms with Crippen LogP contribution in [0.25, 0.3) is 11.0 Å². The number of fused-ring (bicyclic) bond motifs is 1. The fourth-order valence-corrected chi connectivity index (χ4v) is 4.90. The molecule has 3 heterocycles. The summed E-state index contributed by atoms with van der Waals surface area (Å²) >= 11 is -1.44. The summed E-state index contributed by atoms with van der Waals surface area (Å²) in [4.78, 5) is 16.2. The van der Waals surface area contributed by atoms with Crippen LogP contribution in [0.15, 0.2) is 23.5 Å². The Morgan fingerprint density at radius 1 is 1.23 bits per heavy atom. The number of hydrogen-bond donors (Lipinski definition) is 1. The Balaban J connectivity index is 1.59. The van der Waals surface area contributed by atoms with Crippen LogP contribution in [-0.4, -0.2) is 64.7 Å². The maximum atomic E-state index is 14.7. The van der Waals surface area contributed by atoms with Crippen molar-refractivity contribution in [2.45, 2.75) is 24.8 Å². The first kappa shape index (κ1) is 20.9. The van der Waals surface area contributed by atoms with Crippen molar-refractivity contribution in [3.63, 3.8) is 0 Å². The lowest BCUT2D eigenvalue weighted by Crippen LogP contribution is -2.44. The molecule has 0 spiro atoms. The number of nitrogens with one attached hydrogen (secondary N) is 1. The maximum absolute atomic E-state index is 14.7. The third kappa shape index (κ3) is 3.97. The number of aryl methyl sites for hydroxylation is 1. The van der Waals surface area contributed by atoms with Crippen LogP contribution in [0.4, 0.5) is 10.1 Å². The van der Waals surface area contributed by atoms with Crippen molar-refractivity contribution >= 4 is 27.9 Å². The Bertz CT molecular complexity index is 1070. The molecule has 9 heteroatoms. The van der Waals surface area contributed by atoms with Crippen LogP contribution in [0.2, 0.25) is 0 Å². The van der Waals surface area contributed by atoms with E-state index >= 15 is 0 Å². The second-order valence-corrected chi connectivity index (χ2v) is 9.06. The molecule has 1 aromatic carbocycles. The van der Waals surface area contributed by atoms with Crippen LogP contribution in [0.5, 0.6) is 5.75 Å². The van der Waals surface area contributed by atoms with Crippen molar-refractivity contribution in [2.75, 3.05) is 45.2 Å². The van der Waals surface area contributed by atoms with Crippen LogP contribution >= 0.6 is 0 Å². The van der Waals surface area contributed by atoms with E-state index in [9.17, 15) is 8.94 Å². The highest BCUT2D eigenvalue weighted by Gasteiger charge is 2.23. The van der Waals surface area contributed by atoms with Gasteiger partial charge in [-0.3, -0.25) is 9.97 Å². The highest BCUT2D eigenvalue weighted by Crippen LogP contribution is 2.29. The summed E-state index contributed by atoms with van der Waals surface area (Å²) in [5, 5.41) is 0.320. The van der Waals surface area contributed by atoms with Gasteiger partial charge in [0.2, 0.25) is 0 Å². The van der Waals surface area contributed by atoms with Gasteiger partial charge in [0.25, 0.3) is 0 Å². The second-order valence-electron chi connectivity index (χ2n) is 7.69. The molecule has 0 amide bonds. The van der Waals surface area contributed by atoms with Crippen molar-refractivity contribution in [1.29, 1.82) is 0 Å². The van der Waals surface area contributed by atoms with Gasteiger partial charge in [0.05, 0.1) is 29.5 Å². The number of imidazole rings is 1. The average molecular weight is 432 g/mol. The number of hydrogen-bond acceptors (Lipinski definition) is 6. The molecule has 1 fully saturated rings. The summed E-state index contributed by atoms with van der Waals surface area (Å²) in [6, 6.07) is 3.18. The van der Waals surface area contributed by atoms with E-state index in [4.69, 9.17) is 4.74 Å². The zero-order chi connectivity index (χ0) is 21.4. The predicted octanol–water partition coefficient (Wildman–Crippen LogP) is 2.78. The molecule has 0 radical (unpaired) electrons. The summed E-state index contributed by atoms with van der Waals surface area (Å²) in [5.74, 6) is 0.658. The number of methoxy groups -OCH3 is 1. The Morgan fingerprint density at radius 2 is 1.97 bits per heavy atom. The molecule has 1 unspecified atom stereocenters. The number of H-pyrrole nitrogens is 1. The van der Waals surface area contributed by atoms with E-state index in [-0.39, 0.29) is 11.6 Å². The predicted molar refractivity (Wildman–Crippen MR) is 116 cm³/mol. The van der Waals surface area contributed by atoms with Gasteiger partial charge < -0.3 is 19.1 Å². The van der Waals surface area contributed by atoms with Gasteiger partial charge in [0.1, 0.15) is 11.6 Å². The summed E-state index contributed by atoms with van der Waals surface area (Å²) in [6.07, 6.45) is 1.72. The standard InChI is InChI=1S/C21H26FN5O2S/c1-13-11-23-18(14(2)20(13)29-4)12-30(28)21-24-16-9-15(22)19(10-17(16)25-21)27-7-5-26(3)6-8-27/h9-11H,5-8,12H2,1-4H3,(H,24,25). The molecule has 160 valence electrons. The lowest BCUT2D eigenvalue weighted by Gasteiger charge is -2.34. The van der Waals surface area contributed by atoms with Gasteiger partial charge in [-0.05, 0) is 27.0 Å². The van der Waals surface area contributed by atoms with Crippen LogP contribution in [0, 0.1) is 19.7 Å². The van der Waals surface area contributed by atoms with Gasteiger partial charge in [0, 0.05) is 60.7 Å². The monoisotopic (exact) mass is 431 g/mol. The largest absolute Gasteiger partial charge is 0.609 e. The highest BCUT2D eigenvalue weighted by atomic mass is 32.2. The Hall–Kier alpha value is -2.36. The number of anilines is 1. The molecule has 0 bridgehead atoms. The molecule has 4 rings (SSSR count). The fourth-order valence-electron chi connectivity index (χ4n) is 3.80. The maximum Gasteiger partial charge on any atom is 0.322 e. The summed E-state index contributed by atoms with van der Waals surface area (Å²) in [6.45, 7) is 7.14. The molecule has 3 aromatic rings. The zero-order valence-corrected chi connectivity index (χ0v) is 18.5. The van der Waals surface area contributed by atoms with E-state index in [1.807, 2.05) is 18.7 Å². The molecule has 0 aliphatic carbocycles.